The molecule has 3 rings (SSSR count). The Morgan fingerprint density at radius 2 is 2.14 bits per heavy atom. The summed E-state index contributed by atoms with van der Waals surface area (Å²) in [5.74, 6) is -0.144. The molecule has 5 nitrogen and oxygen atoms in total. The lowest BCUT2D eigenvalue weighted by Crippen LogP contribution is -2.31. The van der Waals surface area contributed by atoms with Crippen LogP contribution in [-0.4, -0.2) is 54.2 Å². The van der Waals surface area contributed by atoms with Gasteiger partial charge in [0.05, 0.1) is 16.1 Å². The molecule has 0 radical (unpaired) electrons. The van der Waals surface area contributed by atoms with E-state index < -0.39 is 5.97 Å². The SMILES string of the molecule is CN(C)C1CCN(c2ccc3c(C(=O)O)c(Cl)ccc3n2)C1. The predicted octanol–water partition coefficient (Wildman–Crippen LogP) is 2.73. The summed E-state index contributed by atoms with van der Waals surface area (Å²) >= 11 is 5.99. The average molecular weight is 320 g/mol. The van der Waals surface area contributed by atoms with Crippen LogP contribution in [0.15, 0.2) is 24.3 Å². The second-order valence-electron chi connectivity index (χ2n) is 5.82. The maximum atomic E-state index is 11.4. The van der Waals surface area contributed by atoms with Crippen LogP contribution in [0.25, 0.3) is 10.9 Å². The topological polar surface area (TPSA) is 56.7 Å². The van der Waals surface area contributed by atoms with Gasteiger partial charge in [0.2, 0.25) is 0 Å². The van der Waals surface area contributed by atoms with Crippen LogP contribution in [0.3, 0.4) is 0 Å². The number of carboxylic acids is 1. The number of benzene rings is 1. The molecule has 2 heterocycles. The van der Waals surface area contributed by atoms with Crippen LogP contribution in [0.1, 0.15) is 16.8 Å². The Bertz CT molecular complexity index is 733. The third kappa shape index (κ3) is 2.62. The van der Waals surface area contributed by atoms with Gasteiger partial charge in [-0.1, -0.05) is 11.6 Å². The van der Waals surface area contributed by atoms with Gasteiger partial charge in [-0.3, -0.25) is 0 Å². The van der Waals surface area contributed by atoms with Crippen molar-refractivity contribution in [2.45, 2.75) is 12.5 Å². The summed E-state index contributed by atoms with van der Waals surface area (Å²) in [7, 11) is 4.17. The van der Waals surface area contributed by atoms with Crippen molar-refractivity contribution in [1.82, 2.24) is 9.88 Å². The van der Waals surface area contributed by atoms with Crippen molar-refractivity contribution in [2.75, 3.05) is 32.1 Å². The summed E-state index contributed by atoms with van der Waals surface area (Å²) in [6, 6.07) is 7.57. The van der Waals surface area contributed by atoms with Crippen LogP contribution in [0.4, 0.5) is 5.82 Å². The van der Waals surface area contributed by atoms with Gasteiger partial charge in [-0.15, -0.1) is 0 Å². The lowest BCUT2D eigenvalue weighted by molar-refractivity contribution is 0.0699. The fourth-order valence-corrected chi connectivity index (χ4v) is 3.18. The lowest BCUT2D eigenvalue weighted by Gasteiger charge is -2.21. The highest BCUT2D eigenvalue weighted by atomic mass is 35.5. The summed E-state index contributed by atoms with van der Waals surface area (Å²) in [6.45, 7) is 1.89. The molecule has 1 aromatic heterocycles. The fourth-order valence-electron chi connectivity index (χ4n) is 2.93. The number of hydrogen-bond acceptors (Lipinski definition) is 4. The van der Waals surface area contributed by atoms with Crippen molar-refractivity contribution >= 4 is 34.3 Å². The Balaban J connectivity index is 1.98. The smallest absolute Gasteiger partial charge is 0.337 e. The second-order valence-corrected chi connectivity index (χ2v) is 6.22. The number of aromatic nitrogens is 1. The zero-order chi connectivity index (χ0) is 15.9. The molecule has 1 atom stereocenters. The van der Waals surface area contributed by atoms with Gasteiger partial charge in [-0.2, -0.15) is 0 Å². The van der Waals surface area contributed by atoms with Crippen LogP contribution in [0.5, 0.6) is 0 Å². The minimum atomic E-state index is -1.03. The van der Waals surface area contributed by atoms with Gasteiger partial charge in [0.25, 0.3) is 0 Å². The van der Waals surface area contributed by atoms with E-state index in [0.717, 1.165) is 25.3 Å². The standard InChI is InChI=1S/C16H18ClN3O2/c1-19(2)10-7-8-20(9-10)14-6-3-11-13(18-14)5-4-12(17)15(11)16(21)22/h3-6,10H,7-9H2,1-2H3,(H,21,22). The highest BCUT2D eigenvalue weighted by Gasteiger charge is 2.25. The number of fused-ring (bicyclic) bond motifs is 1. The number of pyridine rings is 1. The first kappa shape index (κ1) is 15.1. The summed E-state index contributed by atoms with van der Waals surface area (Å²) in [4.78, 5) is 20.4. The van der Waals surface area contributed by atoms with Crippen LogP contribution < -0.4 is 4.90 Å². The summed E-state index contributed by atoms with van der Waals surface area (Å²) in [5, 5.41) is 10.1. The number of rotatable bonds is 3. The van der Waals surface area contributed by atoms with Gasteiger partial charge in [0, 0.05) is 24.5 Å². The lowest BCUT2D eigenvalue weighted by atomic mass is 10.1. The molecular formula is C16H18ClN3O2. The first-order chi connectivity index (χ1) is 10.5. The highest BCUT2D eigenvalue weighted by molar-refractivity contribution is 6.35. The monoisotopic (exact) mass is 319 g/mol. The minimum absolute atomic E-state index is 0.116. The van der Waals surface area contributed by atoms with Crippen molar-refractivity contribution in [2.24, 2.45) is 0 Å². The Hall–Kier alpha value is -1.85. The number of halogens is 1. The quantitative estimate of drug-likeness (QED) is 0.942. The summed E-state index contributed by atoms with van der Waals surface area (Å²) in [6.07, 6.45) is 1.10. The molecular weight excluding hydrogens is 302 g/mol. The van der Waals surface area contributed by atoms with Crippen molar-refractivity contribution in [3.05, 3.63) is 34.9 Å². The number of aromatic carboxylic acids is 1. The minimum Gasteiger partial charge on any atom is -0.478 e. The molecule has 1 aromatic carbocycles. The predicted molar refractivity (Wildman–Crippen MR) is 88.0 cm³/mol. The molecule has 1 aliphatic heterocycles. The molecule has 0 bridgehead atoms. The first-order valence-electron chi connectivity index (χ1n) is 7.21. The van der Waals surface area contributed by atoms with Gasteiger partial charge < -0.3 is 14.9 Å². The number of nitrogens with zero attached hydrogens (tertiary/aromatic N) is 3. The molecule has 0 saturated carbocycles. The highest BCUT2D eigenvalue weighted by Crippen LogP contribution is 2.28. The van der Waals surface area contributed by atoms with Crippen LogP contribution in [-0.2, 0) is 0 Å². The molecule has 1 N–H and O–H groups in total. The van der Waals surface area contributed by atoms with Gasteiger partial charge in [0.1, 0.15) is 5.82 Å². The van der Waals surface area contributed by atoms with E-state index in [1.54, 1.807) is 18.2 Å². The molecule has 22 heavy (non-hydrogen) atoms. The number of carbonyl (C=O) groups is 1. The van der Waals surface area contributed by atoms with Crippen LogP contribution in [0, 0.1) is 0 Å². The molecule has 2 aromatic rings. The first-order valence-corrected chi connectivity index (χ1v) is 7.59. The third-order valence-electron chi connectivity index (χ3n) is 4.24. The van der Waals surface area contributed by atoms with Crippen molar-refractivity contribution in [1.29, 1.82) is 0 Å². The molecule has 6 heteroatoms. The van der Waals surface area contributed by atoms with E-state index in [0.29, 0.717) is 16.9 Å². The van der Waals surface area contributed by atoms with Crippen LogP contribution in [0.2, 0.25) is 5.02 Å². The van der Waals surface area contributed by atoms with Gasteiger partial charge >= 0.3 is 5.97 Å². The third-order valence-corrected chi connectivity index (χ3v) is 4.55. The van der Waals surface area contributed by atoms with E-state index in [2.05, 4.69) is 28.9 Å². The zero-order valence-corrected chi connectivity index (χ0v) is 13.3. The van der Waals surface area contributed by atoms with Crippen molar-refractivity contribution in [3.8, 4) is 0 Å². The Morgan fingerprint density at radius 3 is 2.77 bits per heavy atom. The van der Waals surface area contributed by atoms with Crippen molar-refractivity contribution in [3.63, 3.8) is 0 Å². The zero-order valence-electron chi connectivity index (χ0n) is 12.6. The van der Waals surface area contributed by atoms with E-state index >= 15 is 0 Å². The number of anilines is 1. The number of carboxylic acid groups (broad SMARTS) is 1. The van der Waals surface area contributed by atoms with Crippen molar-refractivity contribution < 1.29 is 9.90 Å². The largest absolute Gasteiger partial charge is 0.478 e. The maximum absolute atomic E-state index is 11.4. The summed E-state index contributed by atoms with van der Waals surface area (Å²) < 4.78 is 0. The van der Waals surface area contributed by atoms with E-state index in [-0.39, 0.29) is 10.6 Å². The average Bonchev–Trinajstić information content (AvgIpc) is 2.96. The second kappa shape index (κ2) is 5.74. The molecule has 1 unspecified atom stereocenters. The van der Waals surface area contributed by atoms with Gasteiger partial charge in [-0.25, -0.2) is 9.78 Å². The number of hydrogen-bond donors (Lipinski definition) is 1. The normalized spacial score (nSPS) is 18.4. The molecule has 1 saturated heterocycles. The van der Waals surface area contributed by atoms with E-state index in [1.807, 2.05) is 6.07 Å². The molecule has 0 aliphatic carbocycles. The molecule has 116 valence electrons. The molecule has 1 fully saturated rings. The van der Waals surface area contributed by atoms with Gasteiger partial charge in [-0.05, 0) is 44.8 Å². The van der Waals surface area contributed by atoms with E-state index in [9.17, 15) is 9.90 Å². The van der Waals surface area contributed by atoms with E-state index in [4.69, 9.17) is 11.6 Å². The Morgan fingerprint density at radius 1 is 1.36 bits per heavy atom. The summed E-state index contributed by atoms with van der Waals surface area (Å²) in [5.41, 5.74) is 0.776. The van der Waals surface area contributed by atoms with Crippen LogP contribution >= 0.6 is 11.6 Å². The van der Waals surface area contributed by atoms with E-state index in [1.165, 1.54) is 0 Å². The Kier molecular flexibility index (Phi) is 3.93. The molecule has 0 spiro atoms. The molecule has 0 amide bonds. The maximum Gasteiger partial charge on any atom is 0.337 e. The fraction of sp³-hybridized carbons (Fsp3) is 0.375. The Labute approximate surface area is 134 Å². The number of likely N-dealkylation sites (N-methyl/N-ethyl adjacent to an activating group) is 1. The van der Waals surface area contributed by atoms with Gasteiger partial charge in [0.15, 0.2) is 0 Å². The molecule has 1 aliphatic rings.